The number of nitrogens with zero attached hydrogens (tertiary/aromatic N) is 1. The Morgan fingerprint density at radius 3 is 2.47 bits per heavy atom. The van der Waals surface area contributed by atoms with Crippen molar-refractivity contribution in [3.8, 4) is 0 Å². The van der Waals surface area contributed by atoms with Gasteiger partial charge in [-0.25, -0.2) is 12.8 Å². The Labute approximate surface area is 113 Å². The SMILES string of the molecule is CC(CCCl)S(=O)(=O)c1cc(F)cc(F)c1[N+](=O)[O-]. The van der Waals surface area contributed by atoms with Gasteiger partial charge >= 0.3 is 5.69 Å². The van der Waals surface area contributed by atoms with Crippen molar-refractivity contribution in [1.82, 2.24) is 0 Å². The summed E-state index contributed by atoms with van der Waals surface area (Å²) in [4.78, 5) is 8.58. The van der Waals surface area contributed by atoms with Crippen LogP contribution in [0.15, 0.2) is 17.0 Å². The first kappa shape index (κ1) is 15.8. The normalized spacial score (nSPS) is 13.3. The van der Waals surface area contributed by atoms with Crippen LogP contribution in [0.4, 0.5) is 14.5 Å². The summed E-state index contributed by atoms with van der Waals surface area (Å²) in [6.45, 7) is 1.27. The molecule has 0 saturated carbocycles. The van der Waals surface area contributed by atoms with Gasteiger partial charge in [-0.3, -0.25) is 10.1 Å². The fourth-order valence-electron chi connectivity index (χ4n) is 1.46. The molecule has 0 radical (unpaired) electrons. The number of nitro groups is 1. The van der Waals surface area contributed by atoms with Gasteiger partial charge in [0, 0.05) is 11.9 Å². The van der Waals surface area contributed by atoms with Crippen molar-refractivity contribution in [2.75, 3.05) is 5.88 Å². The summed E-state index contributed by atoms with van der Waals surface area (Å²) in [5.41, 5.74) is -1.25. The van der Waals surface area contributed by atoms with Crippen LogP contribution in [0.1, 0.15) is 13.3 Å². The third kappa shape index (κ3) is 3.19. The van der Waals surface area contributed by atoms with Crippen molar-refractivity contribution in [3.63, 3.8) is 0 Å². The molecule has 0 spiro atoms. The van der Waals surface area contributed by atoms with Crippen LogP contribution in [-0.4, -0.2) is 24.5 Å². The first-order valence-corrected chi connectivity index (χ1v) is 7.23. The quantitative estimate of drug-likeness (QED) is 0.475. The molecule has 1 unspecified atom stereocenters. The zero-order chi connectivity index (χ0) is 14.8. The molecule has 0 heterocycles. The van der Waals surface area contributed by atoms with E-state index in [4.69, 9.17) is 11.6 Å². The van der Waals surface area contributed by atoms with Gasteiger partial charge in [0.1, 0.15) is 5.82 Å². The summed E-state index contributed by atoms with van der Waals surface area (Å²) in [5.74, 6) is -2.71. The number of hydrogen-bond donors (Lipinski definition) is 0. The Hall–Kier alpha value is -1.28. The van der Waals surface area contributed by atoms with E-state index in [0.717, 1.165) is 0 Å². The van der Waals surface area contributed by atoms with Gasteiger partial charge in [0.25, 0.3) is 0 Å². The van der Waals surface area contributed by atoms with Crippen molar-refractivity contribution >= 4 is 27.1 Å². The molecule has 9 heteroatoms. The molecule has 19 heavy (non-hydrogen) atoms. The van der Waals surface area contributed by atoms with Crippen LogP contribution in [0.5, 0.6) is 0 Å². The molecule has 0 aliphatic rings. The molecule has 0 amide bonds. The summed E-state index contributed by atoms with van der Waals surface area (Å²) < 4.78 is 50.6. The lowest BCUT2D eigenvalue weighted by Gasteiger charge is -2.12. The minimum atomic E-state index is -4.23. The molecular weight excluding hydrogens is 304 g/mol. The highest BCUT2D eigenvalue weighted by molar-refractivity contribution is 7.92. The van der Waals surface area contributed by atoms with Crippen molar-refractivity contribution in [2.45, 2.75) is 23.5 Å². The topological polar surface area (TPSA) is 77.3 Å². The van der Waals surface area contributed by atoms with E-state index < -0.39 is 42.2 Å². The zero-order valence-corrected chi connectivity index (χ0v) is 11.3. The molecule has 0 fully saturated rings. The van der Waals surface area contributed by atoms with Gasteiger partial charge in [-0.15, -0.1) is 11.6 Å². The molecule has 0 saturated heterocycles. The predicted molar refractivity (Wildman–Crippen MR) is 65.0 cm³/mol. The highest BCUT2D eigenvalue weighted by Gasteiger charge is 2.34. The van der Waals surface area contributed by atoms with Gasteiger partial charge in [-0.1, -0.05) is 0 Å². The number of hydrogen-bond acceptors (Lipinski definition) is 4. The first-order valence-electron chi connectivity index (χ1n) is 5.15. The summed E-state index contributed by atoms with van der Waals surface area (Å²) in [6, 6.07) is 0.713. The first-order chi connectivity index (χ1) is 8.71. The second-order valence-electron chi connectivity index (χ2n) is 3.82. The van der Waals surface area contributed by atoms with Gasteiger partial charge in [-0.2, -0.15) is 4.39 Å². The molecule has 0 aromatic heterocycles. The number of nitro benzene ring substituents is 1. The number of halogens is 3. The molecule has 1 rings (SSSR count). The van der Waals surface area contributed by atoms with Crippen LogP contribution in [0.2, 0.25) is 0 Å². The summed E-state index contributed by atoms with van der Waals surface area (Å²) >= 11 is 5.41. The highest BCUT2D eigenvalue weighted by atomic mass is 35.5. The van der Waals surface area contributed by atoms with Gasteiger partial charge in [0.15, 0.2) is 14.7 Å². The molecule has 0 aliphatic carbocycles. The number of rotatable bonds is 5. The maximum atomic E-state index is 13.4. The van der Waals surface area contributed by atoms with Crippen LogP contribution in [0.25, 0.3) is 0 Å². The van der Waals surface area contributed by atoms with Crippen LogP contribution >= 0.6 is 11.6 Å². The minimum Gasteiger partial charge on any atom is -0.258 e. The Bertz CT molecular complexity index is 606. The predicted octanol–water partition coefficient (Wildman–Crippen LogP) is 2.66. The van der Waals surface area contributed by atoms with E-state index >= 15 is 0 Å². The van der Waals surface area contributed by atoms with Crippen molar-refractivity contribution < 1.29 is 22.1 Å². The van der Waals surface area contributed by atoms with E-state index in [0.29, 0.717) is 6.07 Å². The van der Waals surface area contributed by atoms with E-state index in [-0.39, 0.29) is 18.4 Å². The molecule has 0 N–H and O–H groups in total. The number of sulfone groups is 1. The van der Waals surface area contributed by atoms with E-state index in [2.05, 4.69) is 0 Å². The lowest BCUT2D eigenvalue weighted by Crippen LogP contribution is -2.20. The van der Waals surface area contributed by atoms with Crippen molar-refractivity contribution in [2.24, 2.45) is 0 Å². The number of benzene rings is 1. The van der Waals surface area contributed by atoms with Crippen LogP contribution < -0.4 is 0 Å². The third-order valence-electron chi connectivity index (χ3n) is 2.53. The van der Waals surface area contributed by atoms with E-state index in [9.17, 15) is 27.3 Å². The van der Waals surface area contributed by atoms with Crippen LogP contribution in [0.3, 0.4) is 0 Å². The van der Waals surface area contributed by atoms with Gasteiger partial charge in [0.05, 0.1) is 10.2 Å². The fraction of sp³-hybridized carbons (Fsp3) is 0.400. The zero-order valence-electron chi connectivity index (χ0n) is 9.77. The van der Waals surface area contributed by atoms with Gasteiger partial charge in [0.2, 0.25) is 5.82 Å². The van der Waals surface area contributed by atoms with E-state index in [1.165, 1.54) is 6.92 Å². The maximum absolute atomic E-state index is 13.4. The third-order valence-corrected chi connectivity index (χ3v) is 4.97. The molecular formula is C10H10ClF2NO4S. The van der Waals surface area contributed by atoms with Gasteiger partial charge in [-0.05, 0) is 19.4 Å². The van der Waals surface area contributed by atoms with Crippen LogP contribution in [0, 0.1) is 21.7 Å². The summed E-state index contributed by atoms with van der Waals surface area (Å²) in [7, 11) is -4.23. The Morgan fingerprint density at radius 1 is 1.42 bits per heavy atom. The Morgan fingerprint density at radius 2 is 2.00 bits per heavy atom. The maximum Gasteiger partial charge on any atom is 0.323 e. The molecule has 1 atom stereocenters. The number of alkyl halides is 1. The Balaban J connectivity index is 3.53. The fourth-order valence-corrected chi connectivity index (χ4v) is 3.50. The summed E-state index contributed by atoms with van der Waals surface area (Å²) in [5, 5.41) is 9.65. The molecule has 0 bridgehead atoms. The summed E-state index contributed by atoms with van der Waals surface area (Å²) in [6.07, 6.45) is 0.0131. The van der Waals surface area contributed by atoms with E-state index in [1.807, 2.05) is 0 Å². The monoisotopic (exact) mass is 313 g/mol. The average Bonchev–Trinajstić information content (AvgIpc) is 2.27. The molecule has 106 valence electrons. The Kier molecular flexibility index (Phi) is 4.81. The molecule has 5 nitrogen and oxygen atoms in total. The lowest BCUT2D eigenvalue weighted by atomic mass is 10.3. The highest BCUT2D eigenvalue weighted by Crippen LogP contribution is 2.31. The second kappa shape index (κ2) is 5.79. The molecule has 1 aromatic carbocycles. The molecule has 0 aliphatic heterocycles. The van der Waals surface area contributed by atoms with Crippen molar-refractivity contribution in [1.29, 1.82) is 0 Å². The average molecular weight is 314 g/mol. The minimum absolute atomic E-state index is 0.00594. The smallest absolute Gasteiger partial charge is 0.258 e. The molecule has 1 aromatic rings. The van der Waals surface area contributed by atoms with Gasteiger partial charge < -0.3 is 0 Å². The second-order valence-corrected chi connectivity index (χ2v) is 6.54. The van der Waals surface area contributed by atoms with Crippen LogP contribution in [-0.2, 0) is 9.84 Å². The van der Waals surface area contributed by atoms with Crippen molar-refractivity contribution in [3.05, 3.63) is 33.9 Å². The largest absolute Gasteiger partial charge is 0.323 e. The van der Waals surface area contributed by atoms with E-state index in [1.54, 1.807) is 0 Å². The standard InChI is InChI=1S/C10H10ClF2NO4S/c1-6(2-3-11)19(17,18)9-5-7(12)4-8(13)10(9)14(15)16/h4-6H,2-3H2,1H3. The lowest BCUT2D eigenvalue weighted by molar-refractivity contribution is -0.390.